The largest absolute Gasteiger partial charge is 0.344 e. The van der Waals surface area contributed by atoms with Crippen LogP contribution in [0.5, 0.6) is 0 Å². The SMILES string of the molecule is CCCCC(CC)CP(=O)(O)CC(CC)CCCC.[Nd]. The second-order valence-electron chi connectivity index (χ2n) is 6.04. The molecule has 4 heteroatoms. The van der Waals surface area contributed by atoms with E-state index in [9.17, 15) is 9.46 Å². The molecule has 120 valence electrons. The fraction of sp³-hybridized carbons (Fsp3) is 1.00. The van der Waals surface area contributed by atoms with Gasteiger partial charge in [-0.3, -0.25) is 4.57 Å². The first-order chi connectivity index (χ1) is 8.99. The smallest absolute Gasteiger partial charge is 0.201 e. The van der Waals surface area contributed by atoms with E-state index in [0.29, 0.717) is 24.2 Å². The van der Waals surface area contributed by atoms with Crippen molar-refractivity contribution in [2.45, 2.75) is 79.1 Å². The molecule has 0 spiro atoms. The van der Waals surface area contributed by atoms with Gasteiger partial charge in [0.25, 0.3) is 0 Å². The van der Waals surface area contributed by atoms with Crippen LogP contribution in [-0.2, 0) is 4.57 Å². The van der Waals surface area contributed by atoms with E-state index in [-0.39, 0.29) is 40.8 Å². The Morgan fingerprint density at radius 1 is 0.850 bits per heavy atom. The molecule has 0 saturated heterocycles. The molecule has 0 fully saturated rings. The average molecular weight is 435 g/mol. The van der Waals surface area contributed by atoms with Gasteiger partial charge in [0.2, 0.25) is 7.37 Å². The summed E-state index contributed by atoms with van der Waals surface area (Å²) in [5, 5.41) is 0. The van der Waals surface area contributed by atoms with E-state index in [0.717, 1.165) is 25.7 Å². The van der Waals surface area contributed by atoms with Gasteiger partial charge in [0.05, 0.1) is 0 Å². The van der Waals surface area contributed by atoms with Crippen LogP contribution in [0.15, 0.2) is 0 Å². The average Bonchev–Trinajstić information content (AvgIpc) is 2.39. The van der Waals surface area contributed by atoms with Gasteiger partial charge < -0.3 is 4.89 Å². The Labute approximate surface area is 159 Å². The quantitative estimate of drug-likeness (QED) is 0.401. The van der Waals surface area contributed by atoms with Crippen LogP contribution in [0.3, 0.4) is 0 Å². The first kappa shape index (κ1) is 23.8. The van der Waals surface area contributed by atoms with Gasteiger partial charge in [0.15, 0.2) is 0 Å². The molecular weight excluding hydrogens is 399 g/mol. The van der Waals surface area contributed by atoms with Crippen LogP contribution in [0.1, 0.15) is 79.1 Å². The van der Waals surface area contributed by atoms with E-state index >= 15 is 0 Å². The van der Waals surface area contributed by atoms with Crippen molar-refractivity contribution in [2.75, 3.05) is 12.3 Å². The molecule has 0 saturated carbocycles. The topological polar surface area (TPSA) is 37.3 Å². The maximum Gasteiger partial charge on any atom is 0.201 e. The molecule has 0 aromatic carbocycles. The normalized spacial score (nSPS) is 17.1. The van der Waals surface area contributed by atoms with Crippen LogP contribution in [-0.4, -0.2) is 17.2 Å². The summed E-state index contributed by atoms with van der Waals surface area (Å²) in [4.78, 5) is 10.3. The zero-order chi connectivity index (χ0) is 14.7. The monoisotopic (exact) mass is 432 g/mol. The maximum atomic E-state index is 12.4. The van der Waals surface area contributed by atoms with Crippen LogP contribution in [0.4, 0.5) is 0 Å². The number of hydrogen-bond donors (Lipinski definition) is 1. The second kappa shape index (κ2) is 14.2. The van der Waals surface area contributed by atoms with Crippen molar-refractivity contribution in [3.8, 4) is 0 Å². The van der Waals surface area contributed by atoms with Crippen LogP contribution in [0.25, 0.3) is 0 Å². The van der Waals surface area contributed by atoms with E-state index in [4.69, 9.17) is 0 Å². The Balaban J connectivity index is 0. The number of unbranched alkanes of at least 4 members (excludes halogenated alkanes) is 2. The van der Waals surface area contributed by atoms with Gasteiger partial charge in [-0.05, 0) is 24.7 Å². The molecule has 0 amide bonds. The first-order valence-electron chi connectivity index (χ1n) is 8.29. The molecule has 1 N–H and O–H groups in total. The Hall–Kier alpha value is 1.54. The number of hydrogen-bond acceptors (Lipinski definition) is 1. The summed E-state index contributed by atoms with van der Waals surface area (Å²) in [6.07, 6.45) is 10.1. The van der Waals surface area contributed by atoms with Crippen LogP contribution >= 0.6 is 7.37 Å². The van der Waals surface area contributed by atoms with Gasteiger partial charge in [0, 0.05) is 53.2 Å². The van der Waals surface area contributed by atoms with Crippen molar-refractivity contribution in [3.63, 3.8) is 0 Å². The standard InChI is InChI=1S/C16H35O2P.Nd/c1-5-9-11-15(7-3)13-19(17,18)14-16(8-4)12-10-6-2;/h15-16H,5-14H2,1-4H3,(H,17,18);. The Kier molecular flexibility index (Phi) is 16.8. The first-order valence-corrected chi connectivity index (χ1v) is 10.3. The van der Waals surface area contributed by atoms with Crippen molar-refractivity contribution in [1.29, 1.82) is 0 Å². The molecule has 0 heterocycles. The second-order valence-corrected chi connectivity index (χ2v) is 8.47. The van der Waals surface area contributed by atoms with Gasteiger partial charge >= 0.3 is 0 Å². The summed E-state index contributed by atoms with van der Waals surface area (Å²) in [5.41, 5.74) is 0. The van der Waals surface area contributed by atoms with E-state index < -0.39 is 7.37 Å². The van der Waals surface area contributed by atoms with Crippen LogP contribution < -0.4 is 0 Å². The molecule has 0 bridgehead atoms. The minimum atomic E-state index is -2.92. The van der Waals surface area contributed by atoms with Gasteiger partial charge in [0.1, 0.15) is 0 Å². The molecule has 20 heavy (non-hydrogen) atoms. The van der Waals surface area contributed by atoms with Crippen molar-refractivity contribution >= 4 is 7.37 Å². The summed E-state index contributed by atoms with van der Waals surface area (Å²) in [5.74, 6) is 0.888. The third-order valence-corrected chi connectivity index (χ3v) is 6.35. The van der Waals surface area contributed by atoms with E-state index in [1.54, 1.807) is 0 Å². The van der Waals surface area contributed by atoms with Crippen LogP contribution in [0.2, 0.25) is 0 Å². The van der Waals surface area contributed by atoms with Crippen molar-refractivity contribution < 1.29 is 50.3 Å². The molecular formula is C16H35NdO2P. The Bertz CT molecular complexity index is 237. The minimum absolute atomic E-state index is 0. The Morgan fingerprint density at radius 3 is 1.45 bits per heavy atom. The third-order valence-electron chi connectivity index (χ3n) is 4.17. The summed E-state index contributed by atoms with van der Waals surface area (Å²) in [6.45, 7) is 8.66. The van der Waals surface area contributed by atoms with E-state index in [2.05, 4.69) is 27.7 Å². The molecule has 0 aliphatic rings. The molecule has 0 aliphatic heterocycles. The van der Waals surface area contributed by atoms with Gasteiger partial charge in [-0.25, -0.2) is 0 Å². The number of rotatable bonds is 12. The predicted molar refractivity (Wildman–Crippen MR) is 86.2 cm³/mol. The molecule has 0 rings (SSSR count). The summed E-state index contributed by atoms with van der Waals surface area (Å²) in [7, 11) is -2.92. The fourth-order valence-corrected chi connectivity index (χ4v) is 5.36. The van der Waals surface area contributed by atoms with E-state index in [1.165, 1.54) is 25.7 Å². The molecule has 2 atom stereocenters. The Morgan fingerprint density at radius 2 is 1.20 bits per heavy atom. The van der Waals surface area contributed by atoms with Crippen LogP contribution in [0, 0.1) is 52.7 Å². The van der Waals surface area contributed by atoms with E-state index in [1.807, 2.05) is 0 Å². The van der Waals surface area contributed by atoms with Crippen molar-refractivity contribution in [2.24, 2.45) is 11.8 Å². The van der Waals surface area contributed by atoms with Gasteiger partial charge in [-0.15, -0.1) is 0 Å². The zero-order valence-corrected chi connectivity index (χ0v) is 18.1. The van der Waals surface area contributed by atoms with Gasteiger partial charge in [-0.1, -0.05) is 66.2 Å². The zero-order valence-electron chi connectivity index (χ0n) is 14.0. The van der Waals surface area contributed by atoms with Crippen molar-refractivity contribution in [1.82, 2.24) is 0 Å². The maximum absolute atomic E-state index is 12.4. The van der Waals surface area contributed by atoms with Gasteiger partial charge in [-0.2, -0.15) is 0 Å². The molecule has 0 radical (unpaired) electrons. The molecule has 0 aromatic rings. The fourth-order valence-electron chi connectivity index (χ4n) is 2.72. The minimum Gasteiger partial charge on any atom is -0.344 e. The molecule has 2 unspecified atom stereocenters. The van der Waals surface area contributed by atoms with Crippen molar-refractivity contribution in [3.05, 3.63) is 0 Å². The summed E-state index contributed by atoms with van der Waals surface area (Å²) in [6, 6.07) is 0. The summed E-state index contributed by atoms with van der Waals surface area (Å²) >= 11 is 0. The molecule has 0 aromatic heterocycles. The predicted octanol–water partition coefficient (Wildman–Crippen LogP) is 5.69. The molecule has 2 nitrogen and oxygen atoms in total. The summed E-state index contributed by atoms with van der Waals surface area (Å²) < 4.78 is 12.4. The third kappa shape index (κ3) is 12.1. The molecule has 0 aliphatic carbocycles.